The largest absolute Gasteiger partial charge is 0.340 e. The molecule has 2 atom stereocenters. The molecule has 19 heavy (non-hydrogen) atoms. The van der Waals surface area contributed by atoms with E-state index in [1.165, 1.54) is 6.07 Å². The molecule has 2 rings (SSSR count). The first kappa shape index (κ1) is 14.0. The molecule has 0 amide bonds. The molecular formula is C14H19NO4. The Balaban J connectivity index is 2.56. The van der Waals surface area contributed by atoms with Crippen molar-refractivity contribution in [1.29, 1.82) is 0 Å². The van der Waals surface area contributed by atoms with Gasteiger partial charge in [-0.25, -0.2) is 0 Å². The summed E-state index contributed by atoms with van der Waals surface area (Å²) in [5.74, 6) is -1.07. The number of benzene rings is 1. The Morgan fingerprint density at radius 3 is 2.21 bits per heavy atom. The smallest absolute Gasteiger partial charge is 0.278 e. The minimum absolute atomic E-state index is 0.0269. The number of rotatable bonds is 3. The van der Waals surface area contributed by atoms with Crippen molar-refractivity contribution >= 4 is 5.69 Å². The molecular weight excluding hydrogens is 246 g/mol. The van der Waals surface area contributed by atoms with Crippen LogP contribution in [0.4, 0.5) is 5.69 Å². The third-order valence-electron chi connectivity index (χ3n) is 3.62. The van der Waals surface area contributed by atoms with Gasteiger partial charge < -0.3 is 9.47 Å². The summed E-state index contributed by atoms with van der Waals surface area (Å²) < 4.78 is 11.9. The van der Waals surface area contributed by atoms with Gasteiger partial charge >= 0.3 is 0 Å². The molecule has 5 heteroatoms. The quantitative estimate of drug-likeness (QED) is 0.621. The molecule has 0 bridgehead atoms. The zero-order valence-corrected chi connectivity index (χ0v) is 11.6. The molecule has 1 aromatic carbocycles. The van der Waals surface area contributed by atoms with Crippen molar-refractivity contribution in [2.75, 3.05) is 0 Å². The van der Waals surface area contributed by atoms with Crippen LogP contribution in [-0.2, 0) is 15.3 Å². The highest BCUT2D eigenvalue weighted by Gasteiger charge is 2.50. The average Bonchev–Trinajstić information content (AvgIpc) is 2.67. The van der Waals surface area contributed by atoms with Crippen molar-refractivity contribution in [3.63, 3.8) is 0 Å². The van der Waals surface area contributed by atoms with E-state index in [-0.39, 0.29) is 28.7 Å². The van der Waals surface area contributed by atoms with Gasteiger partial charge in [0, 0.05) is 12.0 Å². The van der Waals surface area contributed by atoms with Crippen LogP contribution in [0.3, 0.4) is 0 Å². The number of nitro groups is 1. The van der Waals surface area contributed by atoms with Crippen LogP contribution in [0.1, 0.15) is 33.3 Å². The Bertz CT molecular complexity index is 476. The Labute approximate surface area is 112 Å². The lowest BCUT2D eigenvalue weighted by molar-refractivity contribution is -0.388. The molecule has 1 fully saturated rings. The van der Waals surface area contributed by atoms with Gasteiger partial charge in [0.1, 0.15) is 0 Å². The highest BCUT2D eigenvalue weighted by molar-refractivity contribution is 5.43. The summed E-state index contributed by atoms with van der Waals surface area (Å²) in [6.45, 7) is 7.73. The lowest BCUT2D eigenvalue weighted by atomic mass is 9.93. The van der Waals surface area contributed by atoms with E-state index in [1.807, 2.05) is 27.7 Å². The molecule has 1 aliphatic rings. The van der Waals surface area contributed by atoms with Gasteiger partial charge in [-0.3, -0.25) is 10.1 Å². The summed E-state index contributed by atoms with van der Waals surface area (Å²) in [6.07, 6.45) is -0.190. The molecule has 0 aromatic heterocycles. The predicted octanol–water partition coefficient (Wildman–Crippen LogP) is 3.23. The second-order valence-corrected chi connectivity index (χ2v) is 5.24. The molecule has 1 heterocycles. The topological polar surface area (TPSA) is 61.6 Å². The Hall–Kier alpha value is -1.46. The van der Waals surface area contributed by atoms with Gasteiger partial charge in [0.15, 0.2) is 0 Å². The molecule has 2 unspecified atom stereocenters. The van der Waals surface area contributed by atoms with E-state index < -0.39 is 5.79 Å². The normalized spacial score (nSPS) is 30.8. The van der Waals surface area contributed by atoms with Crippen LogP contribution in [0.5, 0.6) is 0 Å². The van der Waals surface area contributed by atoms with Crippen molar-refractivity contribution in [2.45, 2.75) is 45.7 Å². The van der Waals surface area contributed by atoms with Crippen molar-refractivity contribution in [3.05, 3.63) is 39.9 Å². The SMILES string of the molecule is CC1OC(c2ccccc2[N+](=O)[O-])(C(C)C)OC1C. The van der Waals surface area contributed by atoms with Gasteiger partial charge in [0.2, 0.25) is 5.79 Å². The summed E-state index contributed by atoms with van der Waals surface area (Å²) in [5.41, 5.74) is 0.531. The highest BCUT2D eigenvalue weighted by atomic mass is 16.8. The fourth-order valence-corrected chi connectivity index (χ4v) is 2.41. The summed E-state index contributed by atoms with van der Waals surface area (Å²) in [7, 11) is 0. The summed E-state index contributed by atoms with van der Waals surface area (Å²) in [5, 5.41) is 11.2. The minimum Gasteiger partial charge on any atom is -0.340 e. The number of ether oxygens (including phenoxy) is 2. The van der Waals surface area contributed by atoms with Gasteiger partial charge in [-0.15, -0.1) is 0 Å². The maximum atomic E-state index is 11.2. The maximum Gasteiger partial charge on any atom is 0.278 e. The summed E-state index contributed by atoms with van der Waals surface area (Å²) in [6, 6.07) is 6.62. The fraction of sp³-hybridized carbons (Fsp3) is 0.571. The van der Waals surface area contributed by atoms with E-state index in [9.17, 15) is 10.1 Å². The molecule has 1 saturated heterocycles. The van der Waals surface area contributed by atoms with E-state index >= 15 is 0 Å². The number of hydrogen-bond donors (Lipinski definition) is 0. The molecule has 1 aliphatic heterocycles. The molecule has 0 aliphatic carbocycles. The third-order valence-corrected chi connectivity index (χ3v) is 3.62. The van der Waals surface area contributed by atoms with Crippen LogP contribution in [0, 0.1) is 16.0 Å². The zero-order chi connectivity index (χ0) is 14.2. The van der Waals surface area contributed by atoms with E-state index in [2.05, 4.69) is 0 Å². The first-order valence-corrected chi connectivity index (χ1v) is 6.48. The molecule has 0 spiro atoms. The monoisotopic (exact) mass is 265 g/mol. The van der Waals surface area contributed by atoms with Crippen molar-refractivity contribution < 1.29 is 14.4 Å². The third kappa shape index (κ3) is 2.24. The number of nitrogens with zero attached hydrogens (tertiary/aromatic N) is 1. The van der Waals surface area contributed by atoms with Gasteiger partial charge in [-0.1, -0.05) is 26.0 Å². The maximum absolute atomic E-state index is 11.2. The van der Waals surface area contributed by atoms with Crippen molar-refractivity contribution in [1.82, 2.24) is 0 Å². The lowest BCUT2D eigenvalue weighted by Gasteiger charge is -2.32. The van der Waals surface area contributed by atoms with Crippen LogP contribution in [0.25, 0.3) is 0 Å². The Morgan fingerprint density at radius 1 is 1.21 bits per heavy atom. The van der Waals surface area contributed by atoms with Gasteiger partial charge in [-0.2, -0.15) is 0 Å². The molecule has 0 N–H and O–H groups in total. The van der Waals surface area contributed by atoms with Gasteiger partial charge in [0.25, 0.3) is 5.69 Å². The average molecular weight is 265 g/mol. The van der Waals surface area contributed by atoms with E-state index in [1.54, 1.807) is 18.2 Å². The van der Waals surface area contributed by atoms with Gasteiger partial charge in [-0.05, 0) is 19.9 Å². The molecule has 1 aromatic rings. The molecule has 0 radical (unpaired) electrons. The number of hydrogen-bond acceptors (Lipinski definition) is 4. The molecule has 104 valence electrons. The second-order valence-electron chi connectivity index (χ2n) is 5.24. The number of nitro benzene ring substituents is 1. The van der Waals surface area contributed by atoms with E-state index in [0.29, 0.717) is 5.56 Å². The molecule has 0 saturated carbocycles. The fourth-order valence-electron chi connectivity index (χ4n) is 2.41. The van der Waals surface area contributed by atoms with E-state index in [0.717, 1.165) is 0 Å². The summed E-state index contributed by atoms with van der Waals surface area (Å²) in [4.78, 5) is 10.8. The van der Waals surface area contributed by atoms with Gasteiger partial charge in [0.05, 0.1) is 22.7 Å². The summed E-state index contributed by atoms with van der Waals surface area (Å²) >= 11 is 0. The Morgan fingerprint density at radius 2 is 1.74 bits per heavy atom. The van der Waals surface area contributed by atoms with Crippen molar-refractivity contribution in [3.8, 4) is 0 Å². The highest BCUT2D eigenvalue weighted by Crippen LogP contribution is 2.46. The van der Waals surface area contributed by atoms with Crippen LogP contribution in [0.2, 0.25) is 0 Å². The van der Waals surface area contributed by atoms with Crippen LogP contribution < -0.4 is 0 Å². The second kappa shape index (κ2) is 4.90. The zero-order valence-electron chi connectivity index (χ0n) is 11.6. The minimum atomic E-state index is -1.04. The van der Waals surface area contributed by atoms with Crippen LogP contribution in [0.15, 0.2) is 24.3 Å². The molecule has 5 nitrogen and oxygen atoms in total. The van der Waals surface area contributed by atoms with Crippen molar-refractivity contribution in [2.24, 2.45) is 5.92 Å². The first-order chi connectivity index (χ1) is 8.88. The Kier molecular flexibility index (Phi) is 3.60. The van der Waals surface area contributed by atoms with Crippen LogP contribution in [-0.4, -0.2) is 17.1 Å². The predicted molar refractivity (Wildman–Crippen MR) is 70.7 cm³/mol. The standard InChI is InChI=1S/C14H19NO4/c1-9(2)14(18-10(3)11(4)19-14)12-7-5-6-8-13(12)15(16)17/h5-11H,1-4H3. The number of para-hydroxylation sites is 1. The first-order valence-electron chi connectivity index (χ1n) is 6.48. The van der Waals surface area contributed by atoms with Crippen LogP contribution >= 0.6 is 0 Å². The van der Waals surface area contributed by atoms with E-state index in [4.69, 9.17) is 9.47 Å². The lowest BCUT2D eigenvalue weighted by Crippen LogP contribution is -2.35.